The zero-order valence-corrected chi connectivity index (χ0v) is 9.40. The van der Waals surface area contributed by atoms with Crippen molar-refractivity contribution >= 4 is 5.91 Å². The van der Waals surface area contributed by atoms with Crippen molar-refractivity contribution in [2.75, 3.05) is 6.61 Å². The molecule has 1 aromatic rings. The summed E-state index contributed by atoms with van der Waals surface area (Å²) in [4.78, 5) is 14.9. The number of hydrazine groups is 1. The SMILES string of the molecule is Cc1ccc(OCCCCC(=O)NN)cn1. The largest absolute Gasteiger partial charge is 0.492 e. The maximum Gasteiger partial charge on any atom is 0.233 e. The van der Waals surface area contributed by atoms with Gasteiger partial charge in [0.15, 0.2) is 0 Å². The first-order chi connectivity index (χ1) is 7.72. The van der Waals surface area contributed by atoms with Crippen LogP contribution in [0.5, 0.6) is 5.75 Å². The number of hydrogen-bond acceptors (Lipinski definition) is 4. The molecule has 1 heterocycles. The smallest absolute Gasteiger partial charge is 0.233 e. The van der Waals surface area contributed by atoms with Crippen LogP contribution in [-0.4, -0.2) is 17.5 Å². The van der Waals surface area contributed by atoms with E-state index in [1.165, 1.54) is 0 Å². The number of pyridine rings is 1. The van der Waals surface area contributed by atoms with E-state index in [1.54, 1.807) is 6.20 Å². The molecule has 0 spiro atoms. The molecule has 0 atom stereocenters. The number of nitrogens with zero attached hydrogens (tertiary/aromatic N) is 1. The van der Waals surface area contributed by atoms with Gasteiger partial charge in [0.25, 0.3) is 0 Å². The first-order valence-electron chi connectivity index (χ1n) is 5.27. The number of unbranched alkanes of at least 4 members (excludes halogenated alkanes) is 1. The molecule has 0 bridgehead atoms. The Balaban J connectivity index is 2.11. The summed E-state index contributed by atoms with van der Waals surface area (Å²) in [5.74, 6) is 5.57. The average Bonchev–Trinajstić information content (AvgIpc) is 2.31. The minimum atomic E-state index is -0.142. The maximum atomic E-state index is 10.8. The van der Waals surface area contributed by atoms with Crippen LogP contribution in [0.1, 0.15) is 25.0 Å². The maximum absolute atomic E-state index is 10.8. The molecular formula is C11H17N3O2. The standard InChI is InChI=1S/C11H17N3O2/c1-9-5-6-10(8-13-9)16-7-3-2-4-11(15)14-12/h5-6,8H,2-4,7,12H2,1H3,(H,14,15). The van der Waals surface area contributed by atoms with Crippen molar-refractivity contribution in [3.05, 3.63) is 24.0 Å². The molecule has 88 valence electrons. The predicted molar refractivity (Wildman–Crippen MR) is 60.7 cm³/mol. The molecule has 0 aliphatic rings. The monoisotopic (exact) mass is 223 g/mol. The van der Waals surface area contributed by atoms with Crippen molar-refractivity contribution in [2.24, 2.45) is 5.84 Å². The zero-order chi connectivity index (χ0) is 11.8. The van der Waals surface area contributed by atoms with Crippen molar-refractivity contribution in [2.45, 2.75) is 26.2 Å². The second kappa shape index (κ2) is 6.79. The molecule has 0 fully saturated rings. The van der Waals surface area contributed by atoms with Gasteiger partial charge in [-0.05, 0) is 31.9 Å². The summed E-state index contributed by atoms with van der Waals surface area (Å²) in [5, 5.41) is 0. The number of ether oxygens (including phenoxy) is 1. The minimum absolute atomic E-state index is 0.142. The number of rotatable bonds is 6. The molecule has 0 radical (unpaired) electrons. The van der Waals surface area contributed by atoms with Gasteiger partial charge in [0.2, 0.25) is 5.91 Å². The fourth-order valence-electron chi connectivity index (χ4n) is 1.19. The van der Waals surface area contributed by atoms with Crippen LogP contribution >= 0.6 is 0 Å². The molecule has 1 amide bonds. The Hall–Kier alpha value is -1.62. The molecule has 0 saturated heterocycles. The van der Waals surface area contributed by atoms with Gasteiger partial charge in [0.05, 0.1) is 12.8 Å². The van der Waals surface area contributed by atoms with Crippen LogP contribution in [0.15, 0.2) is 18.3 Å². The Bertz CT molecular complexity index is 325. The van der Waals surface area contributed by atoms with E-state index in [-0.39, 0.29) is 5.91 Å². The van der Waals surface area contributed by atoms with E-state index >= 15 is 0 Å². The fraction of sp³-hybridized carbons (Fsp3) is 0.455. The highest BCUT2D eigenvalue weighted by Gasteiger charge is 1.98. The molecule has 1 rings (SSSR count). The van der Waals surface area contributed by atoms with Gasteiger partial charge in [0, 0.05) is 12.1 Å². The van der Waals surface area contributed by atoms with E-state index in [0.717, 1.165) is 24.3 Å². The molecule has 3 N–H and O–H groups in total. The van der Waals surface area contributed by atoms with Gasteiger partial charge < -0.3 is 4.74 Å². The first-order valence-corrected chi connectivity index (χ1v) is 5.27. The van der Waals surface area contributed by atoms with Crippen LogP contribution in [0, 0.1) is 6.92 Å². The van der Waals surface area contributed by atoms with Crippen molar-refractivity contribution in [3.63, 3.8) is 0 Å². The van der Waals surface area contributed by atoms with E-state index in [9.17, 15) is 4.79 Å². The highest BCUT2D eigenvalue weighted by molar-refractivity contribution is 5.75. The Morgan fingerprint density at radius 2 is 2.31 bits per heavy atom. The average molecular weight is 223 g/mol. The van der Waals surface area contributed by atoms with E-state index in [0.29, 0.717) is 13.0 Å². The molecule has 5 nitrogen and oxygen atoms in total. The van der Waals surface area contributed by atoms with Gasteiger partial charge in [-0.3, -0.25) is 15.2 Å². The van der Waals surface area contributed by atoms with Gasteiger partial charge in [-0.2, -0.15) is 0 Å². The number of aromatic nitrogens is 1. The van der Waals surface area contributed by atoms with E-state index in [1.807, 2.05) is 19.1 Å². The van der Waals surface area contributed by atoms with Crippen molar-refractivity contribution in [1.82, 2.24) is 10.4 Å². The number of nitrogens with two attached hydrogens (primary N) is 1. The highest BCUT2D eigenvalue weighted by Crippen LogP contribution is 2.09. The van der Waals surface area contributed by atoms with E-state index < -0.39 is 0 Å². The zero-order valence-electron chi connectivity index (χ0n) is 9.40. The second-order valence-electron chi connectivity index (χ2n) is 3.51. The number of hydrogen-bond donors (Lipinski definition) is 2. The summed E-state index contributed by atoms with van der Waals surface area (Å²) in [5.41, 5.74) is 3.05. The first kappa shape index (κ1) is 12.4. The van der Waals surface area contributed by atoms with Gasteiger partial charge in [-0.1, -0.05) is 0 Å². The molecule has 16 heavy (non-hydrogen) atoms. The van der Waals surface area contributed by atoms with Crippen molar-refractivity contribution in [3.8, 4) is 5.75 Å². The van der Waals surface area contributed by atoms with Gasteiger partial charge in [-0.15, -0.1) is 0 Å². The minimum Gasteiger partial charge on any atom is -0.492 e. The molecule has 0 unspecified atom stereocenters. The third kappa shape index (κ3) is 4.75. The topological polar surface area (TPSA) is 77.2 Å². The summed E-state index contributed by atoms with van der Waals surface area (Å²) in [6, 6.07) is 3.78. The molecule has 0 aromatic carbocycles. The van der Waals surface area contributed by atoms with E-state index in [4.69, 9.17) is 10.6 Å². The van der Waals surface area contributed by atoms with Crippen molar-refractivity contribution < 1.29 is 9.53 Å². The fourth-order valence-corrected chi connectivity index (χ4v) is 1.19. The molecule has 0 saturated carbocycles. The number of aryl methyl sites for hydroxylation is 1. The van der Waals surface area contributed by atoms with Crippen LogP contribution < -0.4 is 16.0 Å². The molecule has 0 aliphatic heterocycles. The summed E-state index contributed by atoms with van der Waals surface area (Å²) in [7, 11) is 0. The van der Waals surface area contributed by atoms with Gasteiger partial charge in [0.1, 0.15) is 5.75 Å². The summed E-state index contributed by atoms with van der Waals surface area (Å²) < 4.78 is 5.45. The predicted octanol–water partition coefficient (Wildman–Crippen LogP) is 0.929. The van der Waals surface area contributed by atoms with Gasteiger partial charge in [-0.25, -0.2) is 5.84 Å². The lowest BCUT2D eigenvalue weighted by Gasteiger charge is -2.05. The Labute approximate surface area is 95.0 Å². The lowest BCUT2D eigenvalue weighted by molar-refractivity contribution is -0.121. The number of carbonyl (C=O) groups is 1. The van der Waals surface area contributed by atoms with E-state index in [2.05, 4.69) is 10.4 Å². The van der Waals surface area contributed by atoms with Crippen LogP contribution in [0.2, 0.25) is 0 Å². The Kier molecular flexibility index (Phi) is 5.28. The third-order valence-electron chi connectivity index (χ3n) is 2.11. The van der Waals surface area contributed by atoms with Gasteiger partial charge >= 0.3 is 0 Å². The van der Waals surface area contributed by atoms with Crippen LogP contribution in [-0.2, 0) is 4.79 Å². The number of amides is 1. The molecule has 1 aromatic heterocycles. The quantitative estimate of drug-likeness (QED) is 0.325. The molecular weight excluding hydrogens is 206 g/mol. The molecule has 0 aliphatic carbocycles. The lowest BCUT2D eigenvalue weighted by atomic mass is 10.2. The summed E-state index contributed by atoms with van der Waals surface area (Å²) in [6.45, 7) is 2.51. The normalized spacial score (nSPS) is 9.88. The second-order valence-corrected chi connectivity index (χ2v) is 3.51. The summed E-state index contributed by atoms with van der Waals surface area (Å²) in [6.07, 6.45) is 3.72. The Morgan fingerprint density at radius 1 is 1.50 bits per heavy atom. The Morgan fingerprint density at radius 3 is 2.94 bits per heavy atom. The number of nitrogens with one attached hydrogen (secondary N) is 1. The number of carbonyl (C=O) groups excluding carboxylic acids is 1. The van der Waals surface area contributed by atoms with Crippen LogP contribution in [0.3, 0.4) is 0 Å². The van der Waals surface area contributed by atoms with Crippen molar-refractivity contribution in [1.29, 1.82) is 0 Å². The third-order valence-corrected chi connectivity index (χ3v) is 2.11. The summed E-state index contributed by atoms with van der Waals surface area (Å²) >= 11 is 0. The lowest BCUT2D eigenvalue weighted by Crippen LogP contribution is -2.29. The van der Waals surface area contributed by atoms with Crippen LogP contribution in [0.4, 0.5) is 0 Å². The highest BCUT2D eigenvalue weighted by atomic mass is 16.5. The molecule has 5 heteroatoms. The van der Waals surface area contributed by atoms with Crippen LogP contribution in [0.25, 0.3) is 0 Å².